The lowest BCUT2D eigenvalue weighted by molar-refractivity contribution is -0.137. The van der Waals surface area contributed by atoms with Crippen molar-refractivity contribution in [1.29, 1.82) is 0 Å². The first kappa shape index (κ1) is 24.3. The molecule has 1 aromatic carbocycles. The van der Waals surface area contributed by atoms with Gasteiger partial charge in [0.05, 0.1) is 5.75 Å². The summed E-state index contributed by atoms with van der Waals surface area (Å²) >= 11 is 0. The molecule has 2 rings (SSSR count). The van der Waals surface area contributed by atoms with E-state index in [-0.39, 0.29) is 23.5 Å². The Labute approximate surface area is 181 Å². The van der Waals surface area contributed by atoms with Gasteiger partial charge in [0.1, 0.15) is 0 Å². The number of carbonyl (C=O) groups excluding carboxylic acids is 2. The second kappa shape index (κ2) is 10.9. The number of amides is 2. The Bertz CT molecular complexity index is 813. The van der Waals surface area contributed by atoms with E-state index in [9.17, 15) is 18.0 Å². The molecule has 7 nitrogen and oxygen atoms in total. The Kier molecular flexibility index (Phi) is 8.85. The summed E-state index contributed by atoms with van der Waals surface area (Å²) in [5.74, 6) is 0.0783. The minimum absolute atomic E-state index is 0.0503. The average molecular weight is 438 g/mol. The second-order valence-electron chi connectivity index (χ2n) is 8.09. The monoisotopic (exact) mass is 437 g/mol. The lowest BCUT2D eigenvalue weighted by atomic mass is 9.96. The number of rotatable bonds is 9. The quantitative estimate of drug-likeness (QED) is 0.595. The van der Waals surface area contributed by atoms with Crippen LogP contribution in [0.2, 0.25) is 0 Å². The van der Waals surface area contributed by atoms with Crippen molar-refractivity contribution in [1.82, 2.24) is 14.1 Å². The summed E-state index contributed by atoms with van der Waals surface area (Å²) in [6.45, 7) is 5.84. The molecule has 0 spiro atoms. The minimum Gasteiger partial charge on any atom is -0.345 e. The summed E-state index contributed by atoms with van der Waals surface area (Å²) in [6, 6.07) is 7.34. The summed E-state index contributed by atoms with van der Waals surface area (Å²) in [6.07, 6.45) is 2.65. The Morgan fingerprint density at radius 2 is 1.67 bits per heavy atom. The van der Waals surface area contributed by atoms with E-state index < -0.39 is 10.0 Å². The normalized spacial score (nSPS) is 15.7. The van der Waals surface area contributed by atoms with Crippen LogP contribution in [0, 0.1) is 5.92 Å². The second-order valence-corrected chi connectivity index (χ2v) is 10.2. The van der Waals surface area contributed by atoms with E-state index in [0.29, 0.717) is 51.0 Å². The molecule has 2 amide bonds. The maximum Gasteiger partial charge on any atom is 0.253 e. The van der Waals surface area contributed by atoms with Gasteiger partial charge in [-0.05, 0) is 43.9 Å². The van der Waals surface area contributed by atoms with Gasteiger partial charge < -0.3 is 9.80 Å². The first-order valence-electron chi connectivity index (χ1n) is 10.8. The van der Waals surface area contributed by atoms with Gasteiger partial charge in [0.2, 0.25) is 15.9 Å². The van der Waals surface area contributed by atoms with Crippen LogP contribution in [0.1, 0.15) is 55.5 Å². The number of hydrogen-bond donors (Lipinski definition) is 0. The highest BCUT2D eigenvalue weighted by Crippen LogP contribution is 2.23. The van der Waals surface area contributed by atoms with Crippen LogP contribution in [0.15, 0.2) is 24.3 Å². The van der Waals surface area contributed by atoms with Crippen LogP contribution in [0.3, 0.4) is 0 Å². The highest BCUT2D eigenvalue weighted by atomic mass is 32.2. The molecule has 0 unspecified atom stereocenters. The lowest BCUT2D eigenvalue weighted by Crippen LogP contribution is -2.44. The van der Waals surface area contributed by atoms with Gasteiger partial charge in [0.25, 0.3) is 5.91 Å². The number of carbonyl (C=O) groups is 2. The number of sulfonamides is 1. The van der Waals surface area contributed by atoms with Crippen LogP contribution in [-0.4, -0.2) is 73.8 Å². The van der Waals surface area contributed by atoms with Gasteiger partial charge in [0, 0.05) is 51.8 Å². The first-order chi connectivity index (χ1) is 14.2. The van der Waals surface area contributed by atoms with Gasteiger partial charge in [-0.2, -0.15) is 0 Å². The zero-order valence-electron chi connectivity index (χ0n) is 18.6. The molecule has 1 saturated heterocycles. The van der Waals surface area contributed by atoms with Crippen LogP contribution in [0.4, 0.5) is 0 Å². The minimum atomic E-state index is -3.21. The molecule has 1 fully saturated rings. The van der Waals surface area contributed by atoms with E-state index in [1.807, 2.05) is 30.9 Å². The van der Waals surface area contributed by atoms with Gasteiger partial charge in [-0.1, -0.05) is 25.5 Å². The Hall–Kier alpha value is -1.93. The predicted molar refractivity (Wildman–Crippen MR) is 119 cm³/mol. The fourth-order valence-electron chi connectivity index (χ4n) is 3.67. The van der Waals surface area contributed by atoms with Crippen LogP contribution < -0.4 is 0 Å². The maximum absolute atomic E-state index is 13.0. The van der Waals surface area contributed by atoms with Gasteiger partial charge >= 0.3 is 0 Å². The van der Waals surface area contributed by atoms with Crippen LogP contribution in [0.25, 0.3) is 0 Å². The predicted octanol–water partition coefficient (Wildman–Crippen LogP) is 2.58. The van der Waals surface area contributed by atoms with E-state index in [4.69, 9.17) is 0 Å². The zero-order valence-corrected chi connectivity index (χ0v) is 19.5. The van der Waals surface area contributed by atoms with E-state index in [1.54, 1.807) is 30.5 Å². The molecule has 0 aromatic heterocycles. The number of hydrogen-bond acceptors (Lipinski definition) is 4. The third-order valence-electron chi connectivity index (χ3n) is 5.63. The SMILES string of the molecule is CCCCS(=O)(=O)N1CCC(C(=O)N(CC)Cc2ccc(C(=O)N(C)C)cc2)CC1. The molecule has 1 heterocycles. The van der Waals surface area contributed by atoms with Crippen molar-refractivity contribution in [2.75, 3.05) is 39.5 Å². The summed E-state index contributed by atoms with van der Waals surface area (Å²) in [5, 5.41) is 0. The Morgan fingerprint density at radius 3 is 2.17 bits per heavy atom. The standard InChI is InChI=1S/C22H35N3O4S/c1-5-7-16-30(28,29)25-14-12-20(13-15-25)22(27)24(6-2)17-18-8-10-19(11-9-18)21(26)23(3)4/h8-11,20H,5-7,12-17H2,1-4H3. The number of nitrogens with zero attached hydrogens (tertiary/aromatic N) is 3. The molecule has 0 aliphatic carbocycles. The lowest BCUT2D eigenvalue weighted by Gasteiger charge is -2.33. The Balaban J connectivity index is 1.95. The van der Waals surface area contributed by atoms with E-state index >= 15 is 0 Å². The van der Waals surface area contributed by atoms with Gasteiger partial charge in [-0.25, -0.2) is 12.7 Å². The smallest absolute Gasteiger partial charge is 0.253 e. The molecule has 1 aromatic rings. The molecule has 0 atom stereocenters. The van der Waals surface area contributed by atoms with Crippen LogP contribution >= 0.6 is 0 Å². The van der Waals surface area contributed by atoms with Gasteiger partial charge in [-0.15, -0.1) is 0 Å². The van der Waals surface area contributed by atoms with Crippen molar-refractivity contribution in [3.63, 3.8) is 0 Å². The molecule has 1 aliphatic heterocycles. The molecule has 8 heteroatoms. The fraction of sp³-hybridized carbons (Fsp3) is 0.636. The topological polar surface area (TPSA) is 78.0 Å². The summed E-state index contributed by atoms with van der Waals surface area (Å²) < 4.78 is 26.3. The summed E-state index contributed by atoms with van der Waals surface area (Å²) in [4.78, 5) is 28.4. The fourth-order valence-corrected chi connectivity index (χ4v) is 5.35. The van der Waals surface area contributed by atoms with Crippen LogP contribution in [-0.2, 0) is 21.4 Å². The highest BCUT2D eigenvalue weighted by molar-refractivity contribution is 7.89. The molecule has 168 valence electrons. The van der Waals surface area contributed by atoms with Crippen molar-refractivity contribution < 1.29 is 18.0 Å². The molecule has 0 bridgehead atoms. The third-order valence-corrected chi connectivity index (χ3v) is 7.58. The van der Waals surface area contributed by atoms with Crippen molar-refractivity contribution in [3.05, 3.63) is 35.4 Å². The molecule has 0 radical (unpaired) electrons. The van der Waals surface area contributed by atoms with Gasteiger partial charge in [0.15, 0.2) is 0 Å². The van der Waals surface area contributed by atoms with E-state index in [2.05, 4.69) is 0 Å². The van der Waals surface area contributed by atoms with Crippen molar-refractivity contribution in [2.45, 2.75) is 46.1 Å². The third kappa shape index (κ3) is 6.28. The van der Waals surface area contributed by atoms with Crippen molar-refractivity contribution in [2.24, 2.45) is 5.92 Å². The number of benzene rings is 1. The van der Waals surface area contributed by atoms with Crippen molar-refractivity contribution in [3.8, 4) is 0 Å². The molecule has 30 heavy (non-hydrogen) atoms. The number of unbranched alkanes of at least 4 members (excludes halogenated alkanes) is 1. The van der Waals surface area contributed by atoms with Crippen molar-refractivity contribution >= 4 is 21.8 Å². The molecule has 0 N–H and O–H groups in total. The summed E-state index contributed by atoms with van der Waals surface area (Å²) in [5.41, 5.74) is 1.59. The van der Waals surface area contributed by atoms with Crippen LogP contribution in [0.5, 0.6) is 0 Å². The molecule has 1 aliphatic rings. The van der Waals surface area contributed by atoms with E-state index in [1.165, 1.54) is 4.90 Å². The molecule has 0 saturated carbocycles. The number of piperidine rings is 1. The molecular weight excluding hydrogens is 402 g/mol. The molecular formula is C22H35N3O4S. The highest BCUT2D eigenvalue weighted by Gasteiger charge is 2.32. The Morgan fingerprint density at radius 1 is 1.07 bits per heavy atom. The first-order valence-corrected chi connectivity index (χ1v) is 12.4. The maximum atomic E-state index is 13.0. The van der Waals surface area contributed by atoms with Gasteiger partial charge in [-0.3, -0.25) is 9.59 Å². The summed E-state index contributed by atoms with van der Waals surface area (Å²) in [7, 11) is 0.224. The van der Waals surface area contributed by atoms with E-state index in [0.717, 1.165) is 12.0 Å². The average Bonchev–Trinajstić information content (AvgIpc) is 2.75. The largest absolute Gasteiger partial charge is 0.345 e. The zero-order chi connectivity index (χ0) is 22.3.